The minimum Gasteiger partial charge on any atom is -0.484 e. The summed E-state index contributed by atoms with van der Waals surface area (Å²) in [5, 5.41) is 0. The van der Waals surface area contributed by atoms with Crippen molar-refractivity contribution in [3.63, 3.8) is 0 Å². The molecule has 0 aliphatic carbocycles. The van der Waals surface area contributed by atoms with E-state index in [0.717, 1.165) is 19.5 Å². The predicted molar refractivity (Wildman–Crippen MR) is 75.9 cm³/mol. The number of amides is 1. The van der Waals surface area contributed by atoms with Crippen LogP contribution in [0.2, 0.25) is 0 Å². The Balaban J connectivity index is 1.82. The molecule has 0 bridgehead atoms. The molecule has 1 heterocycles. The van der Waals surface area contributed by atoms with Crippen LogP contribution in [0, 0.1) is 11.8 Å². The van der Waals surface area contributed by atoms with Gasteiger partial charge in [0.1, 0.15) is 5.75 Å². The molecule has 1 amide bonds. The molecule has 1 aromatic rings. The molecule has 19 heavy (non-hydrogen) atoms. The van der Waals surface area contributed by atoms with E-state index in [1.807, 2.05) is 17.0 Å². The molecule has 2 N–H and O–H groups in total. The zero-order valence-corrected chi connectivity index (χ0v) is 11.6. The van der Waals surface area contributed by atoms with E-state index < -0.39 is 0 Å². The predicted octanol–water partition coefficient (Wildman–Crippen LogP) is 2.15. The van der Waals surface area contributed by atoms with Crippen LogP contribution in [-0.2, 0) is 4.79 Å². The SMILES string of the molecule is CC(C)C1CCN(C(=O)COc2cccc(N)c2)C1. The van der Waals surface area contributed by atoms with Gasteiger partial charge in [-0.25, -0.2) is 0 Å². The lowest BCUT2D eigenvalue weighted by Crippen LogP contribution is -2.33. The lowest BCUT2D eigenvalue weighted by Gasteiger charge is -2.18. The first kappa shape index (κ1) is 13.7. The number of carbonyl (C=O) groups excluding carboxylic acids is 1. The summed E-state index contributed by atoms with van der Waals surface area (Å²) in [6.45, 7) is 6.22. The van der Waals surface area contributed by atoms with Crippen molar-refractivity contribution in [3.8, 4) is 5.75 Å². The first-order chi connectivity index (χ1) is 9.06. The number of likely N-dealkylation sites (tertiary alicyclic amines) is 1. The molecule has 0 saturated carbocycles. The van der Waals surface area contributed by atoms with Crippen molar-refractivity contribution in [3.05, 3.63) is 24.3 Å². The average Bonchev–Trinajstić information content (AvgIpc) is 2.86. The maximum Gasteiger partial charge on any atom is 0.260 e. The Morgan fingerprint density at radius 3 is 2.95 bits per heavy atom. The van der Waals surface area contributed by atoms with Gasteiger partial charge in [0.05, 0.1) is 0 Å². The van der Waals surface area contributed by atoms with Crippen LogP contribution in [0.1, 0.15) is 20.3 Å². The third kappa shape index (κ3) is 3.63. The highest BCUT2D eigenvalue weighted by atomic mass is 16.5. The van der Waals surface area contributed by atoms with Crippen LogP contribution in [-0.4, -0.2) is 30.5 Å². The van der Waals surface area contributed by atoms with Gasteiger partial charge in [-0.3, -0.25) is 4.79 Å². The van der Waals surface area contributed by atoms with E-state index in [4.69, 9.17) is 10.5 Å². The minimum absolute atomic E-state index is 0.0607. The third-order valence-electron chi connectivity index (χ3n) is 3.74. The number of nitrogen functional groups attached to an aromatic ring is 1. The fourth-order valence-electron chi connectivity index (χ4n) is 2.40. The van der Waals surface area contributed by atoms with Crippen molar-refractivity contribution in [1.82, 2.24) is 4.90 Å². The van der Waals surface area contributed by atoms with Gasteiger partial charge in [-0.15, -0.1) is 0 Å². The highest BCUT2D eigenvalue weighted by Crippen LogP contribution is 2.23. The van der Waals surface area contributed by atoms with Crippen LogP contribution in [0.4, 0.5) is 5.69 Å². The molecule has 4 nitrogen and oxygen atoms in total. The van der Waals surface area contributed by atoms with Crippen molar-refractivity contribution in [1.29, 1.82) is 0 Å². The van der Waals surface area contributed by atoms with Crippen LogP contribution in [0.15, 0.2) is 24.3 Å². The summed E-state index contributed by atoms with van der Waals surface area (Å²) in [4.78, 5) is 13.9. The second-order valence-corrected chi connectivity index (χ2v) is 5.49. The summed E-state index contributed by atoms with van der Waals surface area (Å²) in [6.07, 6.45) is 1.10. The Morgan fingerprint density at radius 1 is 1.53 bits per heavy atom. The Kier molecular flexibility index (Phi) is 4.30. The van der Waals surface area contributed by atoms with Crippen molar-refractivity contribution in [2.24, 2.45) is 11.8 Å². The molecule has 2 rings (SSSR count). The number of anilines is 1. The van der Waals surface area contributed by atoms with E-state index >= 15 is 0 Å². The fraction of sp³-hybridized carbons (Fsp3) is 0.533. The summed E-state index contributed by atoms with van der Waals surface area (Å²) < 4.78 is 5.49. The molecule has 0 spiro atoms. The highest BCUT2D eigenvalue weighted by Gasteiger charge is 2.28. The normalized spacial score (nSPS) is 18.9. The first-order valence-corrected chi connectivity index (χ1v) is 6.82. The molecular formula is C15H22N2O2. The van der Waals surface area contributed by atoms with Gasteiger partial charge in [-0.05, 0) is 30.4 Å². The number of nitrogens with two attached hydrogens (primary N) is 1. The average molecular weight is 262 g/mol. The van der Waals surface area contributed by atoms with Crippen molar-refractivity contribution in [2.45, 2.75) is 20.3 Å². The molecule has 1 aliphatic heterocycles. The van der Waals surface area contributed by atoms with Gasteiger partial charge in [0.2, 0.25) is 0 Å². The largest absolute Gasteiger partial charge is 0.484 e. The van der Waals surface area contributed by atoms with Gasteiger partial charge in [-0.2, -0.15) is 0 Å². The summed E-state index contributed by atoms with van der Waals surface area (Å²) in [5.41, 5.74) is 6.31. The van der Waals surface area contributed by atoms with E-state index in [1.54, 1.807) is 12.1 Å². The molecule has 1 atom stereocenters. The molecule has 0 aromatic heterocycles. The molecule has 1 saturated heterocycles. The Labute approximate surface area is 114 Å². The smallest absolute Gasteiger partial charge is 0.260 e. The zero-order valence-electron chi connectivity index (χ0n) is 11.6. The van der Waals surface area contributed by atoms with Crippen LogP contribution >= 0.6 is 0 Å². The quantitative estimate of drug-likeness (QED) is 0.846. The second kappa shape index (κ2) is 5.95. The molecular weight excluding hydrogens is 240 g/mol. The lowest BCUT2D eigenvalue weighted by atomic mass is 9.95. The van der Waals surface area contributed by atoms with E-state index in [1.165, 1.54) is 0 Å². The maximum absolute atomic E-state index is 12.0. The third-order valence-corrected chi connectivity index (χ3v) is 3.74. The molecule has 104 valence electrons. The minimum atomic E-state index is 0.0607. The van der Waals surface area contributed by atoms with Gasteiger partial charge in [0, 0.05) is 24.8 Å². The van der Waals surface area contributed by atoms with Crippen molar-refractivity contribution < 1.29 is 9.53 Å². The zero-order chi connectivity index (χ0) is 13.8. The molecule has 1 aliphatic rings. The summed E-state index contributed by atoms with van der Waals surface area (Å²) in [5.74, 6) is 1.96. The number of carbonyl (C=O) groups is 1. The Morgan fingerprint density at radius 2 is 2.32 bits per heavy atom. The van der Waals surface area contributed by atoms with Gasteiger partial charge in [-0.1, -0.05) is 19.9 Å². The summed E-state index contributed by atoms with van der Waals surface area (Å²) in [6, 6.07) is 7.15. The highest BCUT2D eigenvalue weighted by molar-refractivity contribution is 5.78. The van der Waals surface area contributed by atoms with Crippen molar-refractivity contribution in [2.75, 3.05) is 25.4 Å². The topological polar surface area (TPSA) is 55.6 Å². The number of benzene rings is 1. The molecule has 1 fully saturated rings. The van der Waals surface area contributed by atoms with Crippen LogP contribution < -0.4 is 10.5 Å². The van der Waals surface area contributed by atoms with E-state index in [0.29, 0.717) is 23.3 Å². The van der Waals surface area contributed by atoms with Gasteiger partial charge >= 0.3 is 0 Å². The van der Waals surface area contributed by atoms with Crippen LogP contribution in [0.5, 0.6) is 5.75 Å². The van der Waals surface area contributed by atoms with Crippen LogP contribution in [0.25, 0.3) is 0 Å². The number of nitrogens with zero attached hydrogens (tertiary/aromatic N) is 1. The van der Waals surface area contributed by atoms with Gasteiger partial charge in [0.15, 0.2) is 6.61 Å². The number of hydrogen-bond acceptors (Lipinski definition) is 3. The summed E-state index contributed by atoms with van der Waals surface area (Å²) in [7, 11) is 0. The standard InChI is InChI=1S/C15H22N2O2/c1-11(2)12-6-7-17(9-12)15(18)10-19-14-5-3-4-13(16)8-14/h3-5,8,11-12H,6-7,9-10,16H2,1-2H3. The molecule has 4 heteroatoms. The number of hydrogen-bond donors (Lipinski definition) is 1. The molecule has 1 aromatic carbocycles. The Hall–Kier alpha value is -1.71. The monoisotopic (exact) mass is 262 g/mol. The number of ether oxygens (including phenoxy) is 1. The van der Waals surface area contributed by atoms with E-state index in [-0.39, 0.29) is 12.5 Å². The van der Waals surface area contributed by atoms with Gasteiger partial charge in [0.25, 0.3) is 5.91 Å². The summed E-state index contributed by atoms with van der Waals surface area (Å²) >= 11 is 0. The first-order valence-electron chi connectivity index (χ1n) is 6.82. The number of rotatable bonds is 4. The second-order valence-electron chi connectivity index (χ2n) is 5.49. The van der Waals surface area contributed by atoms with Crippen LogP contribution in [0.3, 0.4) is 0 Å². The van der Waals surface area contributed by atoms with E-state index in [9.17, 15) is 4.79 Å². The Bertz CT molecular complexity index is 446. The van der Waals surface area contributed by atoms with E-state index in [2.05, 4.69) is 13.8 Å². The molecule has 0 radical (unpaired) electrons. The van der Waals surface area contributed by atoms with Gasteiger partial charge < -0.3 is 15.4 Å². The fourth-order valence-corrected chi connectivity index (χ4v) is 2.40. The van der Waals surface area contributed by atoms with Crippen molar-refractivity contribution >= 4 is 11.6 Å². The molecule has 1 unspecified atom stereocenters. The maximum atomic E-state index is 12.0. The lowest BCUT2D eigenvalue weighted by molar-refractivity contribution is -0.132.